The van der Waals surface area contributed by atoms with Crippen molar-refractivity contribution in [2.24, 2.45) is 0 Å². The maximum atomic E-state index is 13.3. The first-order valence-corrected chi connectivity index (χ1v) is 12.4. The minimum absolute atomic E-state index is 0.116. The third kappa shape index (κ3) is 5.54. The normalized spacial score (nSPS) is 10.8. The van der Waals surface area contributed by atoms with Crippen LogP contribution in [0.5, 0.6) is 0 Å². The van der Waals surface area contributed by atoms with E-state index in [1.54, 1.807) is 6.92 Å². The number of carbonyl (C=O) groups excluding carboxylic acids is 2. The highest BCUT2D eigenvalue weighted by molar-refractivity contribution is 5.96. The number of ether oxygens (including phenoxy) is 2. The summed E-state index contributed by atoms with van der Waals surface area (Å²) in [6, 6.07) is 16.9. The predicted molar refractivity (Wildman–Crippen MR) is 141 cm³/mol. The first-order chi connectivity index (χ1) is 18.5. The number of hydrogen-bond acceptors (Lipinski definition) is 8. The average Bonchev–Trinajstić information content (AvgIpc) is 3.48. The summed E-state index contributed by atoms with van der Waals surface area (Å²) in [7, 11) is 1.27. The molecular formula is C28H29N5O5. The smallest absolute Gasteiger partial charge is 0.343 e. The molecule has 10 heteroatoms. The lowest BCUT2D eigenvalue weighted by Gasteiger charge is -2.18. The van der Waals surface area contributed by atoms with Crippen LogP contribution in [-0.4, -0.2) is 50.8 Å². The molecule has 10 nitrogen and oxygen atoms in total. The highest BCUT2D eigenvalue weighted by Crippen LogP contribution is 2.30. The molecule has 4 aromatic rings. The van der Waals surface area contributed by atoms with E-state index in [9.17, 15) is 14.4 Å². The second-order valence-electron chi connectivity index (χ2n) is 8.60. The summed E-state index contributed by atoms with van der Waals surface area (Å²) in [6.07, 6.45) is 1.82. The molecule has 2 heterocycles. The highest BCUT2D eigenvalue weighted by Gasteiger charge is 2.24. The van der Waals surface area contributed by atoms with Crippen LogP contribution < -0.4 is 5.56 Å². The van der Waals surface area contributed by atoms with Crippen LogP contribution in [0.2, 0.25) is 0 Å². The summed E-state index contributed by atoms with van der Waals surface area (Å²) >= 11 is 0. The molecule has 196 valence electrons. The summed E-state index contributed by atoms with van der Waals surface area (Å²) in [4.78, 5) is 38.6. The van der Waals surface area contributed by atoms with Crippen LogP contribution in [0.4, 0.5) is 0 Å². The van der Waals surface area contributed by atoms with Crippen molar-refractivity contribution < 1.29 is 19.1 Å². The lowest BCUT2D eigenvalue weighted by Crippen LogP contribution is -2.32. The lowest BCUT2D eigenvalue weighted by atomic mass is 9.96. The monoisotopic (exact) mass is 515 g/mol. The van der Waals surface area contributed by atoms with Crippen molar-refractivity contribution in [2.45, 2.75) is 39.7 Å². The molecule has 1 N–H and O–H groups in total. The Morgan fingerprint density at radius 2 is 1.71 bits per heavy atom. The molecule has 38 heavy (non-hydrogen) atoms. The second kappa shape index (κ2) is 12.1. The molecule has 0 spiro atoms. The highest BCUT2D eigenvalue weighted by atomic mass is 16.5. The van der Waals surface area contributed by atoms with Crippen molar-refractivity contribution in [1.82, 2.24) is 25.2 Å². The van der Waals surface area contributed by atoms with Gasteiger partial charge in [0.05, 0.1) is 19.3 Å². The fourth-order valence-electron chi connectivity index (χ4n) is 4.29. The first kappa shape index (κ1) is 26.5. The third-order valence-electron chi connectivity index (χ3n) is 6.19. The van der Waals surface area contributed by atoms with E-state index in [0.717, 1.165) is 28.7 Å². The molecule has 0 aliphatic rings. The van der Waals surface area contributed by atoms with E-state index in [1.165, 1.54) is 17.7 Å². The maximum absolute atomic E-state index is 13.3. The van der Waals surface area contributed by atoms with Crippen LogP contribution in [0, 0.1) is 0 Å². The molecule has 0 aliphatic heterocycles. The Morgan fingerprint density at radius 1 is 0.974 bits per heavy atom. The SMILES string of the molecule is CCCCn1c(Cc2ccc(-c3ccccc3-c3nn[nH]n3)cc2)c(C(=O)OC)cc(C(=O)OCC)c1=O. The van der Waals surface area contributed by atoms with Crippen molar-refractivity contribution in [3.63, 3.8) is 0 Å². The van der Waals surface area contributed by atoms with E-state index >= 15 is 0 Å². The molecule has 0 radical (unpaired) electrons. The Hall–Kier alpha value is -4.60. The average molecular weight is 516 g/mol. The van der Waals surface area contributed by atoms with Crippen LogP contribution in [-0.2, 0) is 22.4 Å². The quantitative estimate of drug-likeness (QED) is 0.313. The molecule has 0 atom stereocenters. The van der Waals surface area contributed by atoms with Gasteiger partial charge in [0, 0.05) is 24.2 Å². The standard InChI is InChI=1S/C28H29N5O5/c1-4-6-15-33-24(22(27(35)37-3)17-23(26(33)34)28(36)38-5-2)16-18-11-13-19(14-12-18)20-9-7-8-10-21(20)25-29-31-32-30-25/h7-14,17H,4-6,15-16H2,1-3H3,(H,29,30,31,32). The topological polar surface area (TPSA) is 129 Å². The molecule has 0 aliphatic carbocycles. The van der Waals surface area contributed by atoms with E-state index in [1.807, 2.05) is 55.5 Å². The van der Waals surface area contributed by atoms with Gasteiger partial charge in [-0.05, 0) is 41.3 Å². The number of methoxy groups -OCH3 is 1. The van der Waals surface area contributed by atoms with Crippen LogP contribution in [0.25, 0.3) is 22.5 Å². The van der Waals surface area contributed by atoms with Crippen molar-refractivity contribution in [1.29, 1.82) is 0 Å². The molecule has 4 rings (SSSR count). The van der Waals surface area contributed by atoms with Gasteiger partial charge in [-0.2, -0.15) is 5.21 Å². The number of unbranched alkanes of at least 4 members (excludes halogenated alkanes) is 1. The van der Waals surface area contributed by atoms with Crippen LogP contribution in [0.1, 0.15) is 58.7 Å². The van der Waals surface area contributed by atoms with E-state index < -0.39 is 17.5 Å². The number of pyridine rings is 1. The molecular weight excluding hydrogens is 486 g/mol. The Balaban J connectivity index is 1.75. The number of nitrogens with zero attached hydrogens (tertiary/aromatic N) is 4. The Morgan fingerprint density at radius 3 is 2.34 bits per heavy atom. The number of H-pyrrole nitrogens is 1. The molecule has 0 saturated heterocycles. The molecule has 0 amide bonds. The number of nitrogens with one attached hydrogen (secondary N) is 1. The zero-order valence-electron chi connectivity index (χ0n) is 21.6. The first-order valence-electron chi connectivity index (χ1n) is 12.4. The molecule has 2 aromatic carbocycles. The van der Waals surface area contributed by atoms with Gasteiger partial charge < -0.3 is 14.0 Å². The van der Waals surface area contributed by atoms with Crippen LogP contribution in [0.15, 0.2) is 59.4 Å². The molecule has 0 fully saturated rings. The van der Waals surface area contributed by atoms with Gasteiger partial charge in [0.1, 0.15) is 5.56 Å². The zero-order chi connectivity index (χ0) is 27.1. The van der Waals surface area contributed by atoms with Crippen LogP contribution >= 0.6 is 0 Å². The number of rotatable bonds is 10. The number of aromatic nitrogens is 5. The van der Waals surface area contributed by atoms with Crippen molar-refractivity contribution in [2.75, 3.05) is 13.7 Å². The Labute approximate surface area is 219 Å². The summed E-state index contributed by atoms with van der Waals surface area (Å²) in [5.74, 6) is -0.889. The van der Waals surface area contributed by atoms with Gasteiger partial charge in [0.15, 0.2) is 0 Å². The second-order valence-corrected chi connectivity index (χ2v) is 8.60. The largest absolute Gasteiger partial charge is 0.465 e. The van der Waals surface area contributed by atoms with Gasteiger partial charge in [-0.3, -0.25) is 4.79 Å². The summed E-state index contributed by atoms with van der Waals surface area (Å²) < 4.78 is 11.6. The predicted octanol–water partition coefficient (Wildman–Crippen LogP) is 4.05. The maximum Gasteiger partial charge on any atom is 0.343 e. The molecule has 0 saturated carbocycles. The zero-order valence-corrected chi connectivity index (χ0v) is 21.6. The van der Waals surface area contributed by atoms with Gasteiger partial charge in [0.25, 0.3) is 5.56 Å². The fraction of sp³-hybridized carbons (Fsp3) is 0.286. The van der Waals surface area contributed by atoms with Crippen molar-refractivity contribution >= 4 is 11.9 Å². The lowest BCUT2D eigenvalue weighted by molar-refractivity contribution is 0.0523. The van der Waals surface area contributed by atoms with Gasteiger partial charge in [-0.1, -0.05) is 61.9 Å². The minimum atomic E-state index is -0.760. The van der Waals surface area contributed by atoms with E-state index in [2.05, 4.69) is 20.6 Å². The number of aromatic amines is 1. The van der Waals surface area contributed by atoms with Crippen molar-refractivity contribution in [3.05, 3.63) is 87.3 Å². The third-order valence-corrected chi connectivity index (χ3v) is 6.19. The minimum Gasteiger partial charge on any atom is -0.465 e. The molecule has 0 bridgehead atoms. The van der Waals surface area contributed by atoms with Gasteiger partial charge in [-0.15, -0.1) is 10.2 Å². The molecule has 2 aromatic heterocycles. The summed E-state index contributed by atoms with van der Waals surface area (Å²) in [5, 5.41) is 14.3. The van der Waals surface area contributed by atoms with Gasteiger partial charge in [0.2, 0.25) is 5.82 Å². The number of hydrogen-bond donors (Lipinski definition) is 1. The van der Waals surface area contributed by atoms with Gasteiger partial charge in [-0.25, -0.2) is 9.59 Å². The van der Waals surface area contributed by atoms with E-state index in [0.29, 0.717) is 30.9 Å². The Bertz CT molecular complexity index is 1480. The number of tetrazole rings is 1. The van der Waals surface area contributed by atoms with E-state index in [-0.39, 0.29) is 17.7 Å². The summed E-state index contributed by atoms with van der Waals surface area (Å²) in [5.41, 5.74) is 3.60. The van der Waals surface area contributed by atoms with E-state index in [4.69, 9.17) is 9.47 Å². The number of esters is 2. The van der Waals surface area contributed by atoms with Crippen LogP contribution in [0.3, 0.4) is 0 Å². The molecule has 0 unspecified atom stereocenters. The number of carbonyl (C=O) groups is 2. The summed E-state index contributed by atoms with van der Waals surface area (Å²) in [6.45, 7) is 4.14. The van der Waals surface area contributed by atoms with Crippen molar-refractivity contribution in [3.8, 4) is 22.5 Å². The number of benzene rings is 2. The fourth-order valence-corrected chi connectivity index (χ4v) is 4.29. The van der Waals surface area contributed by atoms with Gasteiger partial charge >= 0.3 is 11.9 Å². The Kier molecular flexibility index (Phi) is 8.42.